The molecule has 0 heterocycles. The normalized spacial score (nSPS) is 23.6. The summed E-state index contributed by atoms with van der Waals surface area (Å²) in [6.07, 6.45) is 6.81. The van der Waals surface area contributed by atoms with Gasteiger partial charge in [0.2, 0.25) is 5.69 Å². The van der Waals surface area contributed by atoms with Crippen LogP contribution in [0.2, 0.25) is 0 Å². The highest BCUT2D eigenvalue weighted by atomic mass is 16.5. The van der Waals surface area contributed by atoms with Gasteiger partial charge < -0.3 is 5.21 Å². The second-order valence-electron chi connectivity index (χ2n) is 7.69. The highest BCUT2D eigenvalue weighted by Gasteiger charge is 2.49. The summed E-state index contributed by atoms with van der Waals surface area (Å²) in [6.45, 7) is 7.13. The average molecular weight is 333 g/mol. The summed E-state index contributed by atoms with van der Waals surface area (Å²) in [6, 6.07) is 18.7. The lowest BCUT2D eigenvalue weighted by Crippen LogP contribution is -2.47. The number of hydrogen-bond donors (Lipinski definition) is 0. The van der Waals surface area contributed by atoms with E-state index in [1.807, 2.05) is 48.5 Å². The molecule has 1 saturated carbocycles. The van der Waals surface area contributed by atoms with E-state index < -0.39 is 0 Å². The Morgan fingerprint density at radius 1 is 1.00 bits per heavy atom. The quantitative estimate of drug-likeness (QED) is 0.219. The number of nitrogens with zero attached hydrogens (tertiary/aromatic N) is 1. The van der Waals surface area contributed by atoms with E-state index in [4.69, 9.17) is 0 Å². The van der Waals surface area contributed by atoms with E-state index in [1.165, 1.54) is 12.8 Å². The molecular weight excluding hydrogens is 306 g/mol. The smallest absolute Gasteiger partial charge is 0.216 e. The zero-order valence-corrected chi connectivity index (χ0v) is 15.4. The van der Waals surface area contributed by atoms with Crippen molar-refractivity contribution in [2.45, 2.75) is 33.6 Å². The highest BCUT2D eigenvalue weighted by molar-refractivity contribution is 5.76. The Kier molecular flexibility index (Phi) is 5.08. The van der Waals surface area contributed by atoms with Gasteiger partial charge >= 0.3 is 0 Å². The van der Waals surface area contributed by atoms with Gasteiger partial charge in [0.05, 0.1) is 0 Å². The summed E-state index contributed by atoms with van der Waals surface area (Å²) in [5, 5.41) is 11.7. The fraction of sp³-hybridized carbons (Fsp3) is 0.348. The van der Waals surface area contributed by atoms with E-state index in [1.54, 1.807) is 23.9 Å². The summed E-state index contributed by atoms with van der Waals surface area (Å²) in [4.78, 5) is 0. The number of para-hydroxylation sites is 1. The number of hydrogen-bond acceptors (Lipinski definition) is 1. The Morgan fingerprint density at radius 3 is 2.08 bits per heavy atom. The zero-order valence-electron chi connectivity index (χ0n) is 15.4. The molecule has 130 valence electrons. The van der Waals surface area contributed by atoms with Crippen molar-refractivity contribution >= 4 is 11.9 Å². The van der Waals surface area contributed by atoms with Gasteiger partial charge in [0.15, 0.2) is 6.21 Å². The molecule has 2 aromatic rings. The Bertz CT molecular complexity index is 759. The van der Waals surface area contributed by atoms with Gasteiger partial charge in [0.1, 0.15) is 0 Å². The minimum Gasteiger partial charge on any atom is -0.618 e. The van der Waals surface area contributed by atoms with Crippen LogP contribution in [0.4, 0.5) is 5.69 Å². The van der Waals surface area contributed by atoms with Crippen LogP contribution in [0.15, 0.2) is 72.3 Å². The summed E-state index contributed by atoms with van der Waals surface area (Å²) >= 11 is 0. The van der Waals surface area contributed by atoms with Gasteiger partial charge in [-0.15, -0.1) is 0 Å². The van der Waals surface area contributed by atoms with Crippen molar-refractivity contribution in [3.05, 3.63) is 83.1 Å². The average Bonchev–Trinajstić information content (AvgIpc) is 2.63. The molecular formula is C23H27NO. The number of benzene rings is 2. The fourth-order valence-corrected chi connectivity index (χ4v) is 3.98. The van der Waals surface area contributed by atoms with Crippen molar-refractivity contribution in [3.63, 3.8) is 0 Å². The molecule has 2 nitrogen and oxygen atoms in total. The van der Waals surface area contributed by atoms with Crippen LogP contribution < -0.4 is 0 Å². The van der Waals surface area contributed by atoms with Crippen LogP contribution in [0, 0.1) is 22.5 Å². The summed E-state index contributed by atoms with van der Waals surface area (Å²) in [7, 11) is 0. The Balaban J connectivity index is 0.000000157. The minimum absolute atomic E-state index is 0.638. The number of allylic oxidation sites excluding steroid dienone is 2. The molecule has 3 aliphatic rings. The first-order valence-corrected chi connectivity index (χ1v) is 9.06. The molecule has 0 radical (unpaired) electrons. The lowest BCUT2D eigenvalue weighted by Gasteiger charge is -2.56. The first-order valence-electron chi connectivity index (χ1n) is 9.06. The zero-order chi connectivity index (χ0) is 17.9. The molecule has 2 unspecified atom stereocenters. The molecule has 2 atom stereocenters. The van der Waals surface area contributed by atoms with Crippen LogP contribution in [0.5, 0.6) is 0 Å². The first kappa shape index (κ1) is 17.5. The lowest BCUT2D eigenvalue weighted by molar-refractivity contribution is -0.354. The van der Waals surface area contributed by atoms with Crippen molar-refractivity contribution in [3.8, 4) is 0 Å². The van der Waals surface area contributed by atoms with Gasteiger partial charge in [0.25, 0.3) is 0 Å². The van der Waals surface area contributed by atoms with Crippen molar-refractivity contribution < 1.29 is 4.74 Å². The fourth-order valence-electron chi connectivity index (χ4n) is 3.98. The molecule has 1 fully saturated rings. The molecule has 0 saturated heterocycles. The standard InChI is InChI=1S/C13H11NO.C10H16/c15-14(13-9-5-2-6-10-13)11-12-7-3-1-4-8-12;1-7-4-5-8-6-9(7)10(8,2)3/h1-11H;4,8-9H,5-6H2,1-3H3. The van der Waals surface area contributed by atoms with Gasteiger partial charge in [-0.25, -0.2) is 0 Å². The summed E-state index contributed by atoms with van der Waals surface area (Å²) in [5.74, 6) is 1.92. The molecule has 0 amide bonds. The Hall–Kier alpha value is -2.35. The molecule has 0 N–H and O–H groups in total. The van der Waals surface area contributed by atoms with E-state index >= 15 is 0 Å². The van der Waals surface area contributed by atoms with Crippen LogP contribution in [0.3, 0.4) is 0 Å². The third-order valence-corrected chi connectivity index (χ3v) is 5.82. The second-order valence-corrected chi connectivity index (χ2v) is 7.69. The maximum Gasteiger partial charge on any atom is 0.216 e. The molecule has 0 spiro atoms. The third-order valence-electron chi connectivity index (χ3n) is 5.82. The maximum atomic E-state index is 11.7. The van der Waals surface area contributed by atoms with Crippen LogP contribution in [-0.2, 0) is 0 Å². The highest BCUT2D eigenvalue weighted by Crippen LogP contribution is 2.58. The van der Waals surface area contributed by atoms with Crippen LogP contribution in [0.1, 0.15) is 39.2 Å². The number of rotatable bonds is 2. The van der Waals surface area contributed by atoms with E-state index in [2.05, 4.69) is 26.8 Å². The van der Waals surface area contributed by atoms with Crippen LogP contribution in [-0.4, -0.2) is 11.0 Å². The van der Waals surface area contributed by atoms with Crippen molar-refractivity contribution in [2.24, 2.45) is 17.3 Å². The monoisotopic (exact) mass is 333 g/mol. The van der Waals surface area contributed by atoms with E-state index in [-0.39, 0.29) is 0 Å². The molecule has 0 aliphatic heterocycles. The molecule has 2 aromatic carbocycles. The molecule has 2 heteroatoms. The van der Waals surface area contributed by atoms with Gasteiger partial charge in [-0.05, 0) is 49.1 Å². The molecule has 5 rings (SSSR count). The summed E-state index contributed by atoms with van der Waals surface area (Å²) in [5.41, 5.74) is 3.82. The van der Waals surface area contributed by atoms with E-state index in [0.717, 1.165) is 22.1 Å². The lowest BCUT2D eigenvalue weighted by atomic mass is 9.49. The van der Waals surface area contributed by atoms with E-state index in [9.17, 15) is 5.21 Å². The Labute approximate surface area is 151 Å². The van der Waals surface area contributed by atoms with Gasteiger partial charge in [-0.1, -0.05) is 61.9 Å². The molecule has 3 aliphatic carbocycles. The Morgan fingerprint density at radius 2 is 1.60 bits per heavy atom. The number of fused-ring (bicyclic) bond motifs is 1. The predicted octanol–water partition coefficient (Wildman–Crippen LogP) is 5.95. The van der Waals surface area contributed by atoms with Crippen molar-refractivity contribution in [1.29, 1.82) is 0 Å². The second kappa shape index (κ2) is 7.26. The van der Waals surface area contributed by atoms with Crippen LogP contribution >= 0.6 is 0 Å². The minimum atomic E-state index is 0.638. The SMILES string of the molecule is CC1=CCC2CC1C2(C)C.[O-][N+](=Cc1ccccc1)c1ccccc1. The predicted molar refractivity (Wildman–Crippen MR) is 105 cm³/mol. The van der Waals surface area contributed by atoms with Gasteiger partial charge in [-0.2, -0.15) is 4.74 Å². The van der Waals surface area contributed by atoms with E-state index in [0.29, 0.717) is 11.1 Å². The first-order chi connectivity index (χ1) is 12.0. The summed E-state index contributed by atoms with van der Waals surface area (Å²) < 4.78 is 0.870. The topological polar surface area (TPSA) is 26.1 Å². The van der Waals surface area contributed by atoms with Crippen molar-refractivity contribution in [1.82, 2.24) is 0 Å². The maximum absolute atomic E-state index is 11.7. The van der Waals surface area contributed by atoms with Crippen LogP contribution in [0.25, 0.3) is 0 Å². The molecule has 25 heavy (non-hydrogen) atoms. The third kappa shape index (κ3) is 3.84. The van der Waals surface area contributed by atoms with Gasteiger partial charge in [0, 0.05) is 17.7 Å². The van der Waals surface area contributed by atoms with Crippen molar-refractivity contribution in [2.75, 3.05) is 0 Å². The van der Waals surface area contributed by atoms with Gasteiger partial charge in [-0.3, -0.25) is 0 Å². The molecule has 2 bridgehead atoms. The molecule has 0 aromatic heterocycles. The largest absolute Gasteiger partial charge is 0.618 e.